The van der Waals surface area contributed by atoms with Crippen molar-refractivity contribution >= 4 is 69.6 Å². The van der Waals surface area contributed by atoms with E-state index >= 15 is 0 Å². The molecule has 1 fully saturated rings. The summed E-state index contributed by atoms with van der Waals surface area (Å²) in [4.78, 5) is 49.8. The van der Waals surface area contributed by atoms with Crippen molar-refractivity contribution in [3.05, 3.63) is 40.2 Å². The third-order valence-electron chi connectivity index (χ3n) is 4.68. The van der Waals surface area contributed by atoms with E-state index < -0.39 is 45.8 Å². The first-order chi connectivity index (χ1) is 16.7. The Morgan fingerprint density at radius 1 is 1.40 bits per heavy atom. The van der Waals surface area contributed by atoms with Gasteiger partial charge in [0.15, 0.2) is 0 Å². The Morgan fingerprint density at radius 3 is 2.80 bits per heavy atom. The highest BCUT2D eigenvalue weighted by Crippen LogP contribution is 2.40. The van der Waals surface area contributed by atoms with Crippen molar-refractivity contribution in [1.29, 1.82) is 0 Å². The molecule has 1 unspecified atom stereocenters. The molecule has 18 heteroatoms. The lowest BCUT2D eigenvalue weighted by Gasteiger charge is -2.50. The molecule has 1 saturated heterocycles. The van der Waals surface area contributed by atoms with Crippen LogP contribution in [0.5, 0.6) is 0 Å². The summed E-state index contributed by atoms with van der Waals surface area (Å²) in [7, 11) is -1.05. The van der Waals surface area contributed by atoms with Crippen LogP contribution in [-0.2, 0) is 14.4 Å². The van der Waals surface area contributed by atoms with Crippen LogP contribution in [0, 0.1) is 0 Å². The van der Waals surface area contributed by atoms with Crippen LogP contribution in [0.2, 0.25) is 0 Å². The number of oxime groups is 1. The van der Waals surface area contributed by atoms with Crippen molar-refractivity contribution in [2.24, 2.45) is 5.16 Å². The van der Waals surface area contributed by atoms with E-state index in [-0.39, 0.29) is 29.0 Å². The highest BCUT2D eigenvalue weighted by Gasteiger charge is 2.53. The first kappa shape index (κ1) is 24.4. The fourth-order valence-corrected chi connectivity index (χ4v) is 5.84. The molecule has 2 amide bonds. The number of rotatable bonds is 7. The Morgan fingerprint density at radius 2 is 2.17 bits per heavy atom. The monoisotopic (exact) mass is 536 g/mol. The molecule has 0 aromatic carbocycles. The predicted octanol–water partition coefficient (Wildman–Crippen LogP) is -2.22. The number of carbonyl (C=O) groups is 3. The standard InChI is InChI=1S/C17H16N10O5S3/c18-7-3-8(23-17(19)22-7)33-2-1-6-4-34-15-10(14(29)27(15)11(6)16(30)31)24-13(28)9(25-32)12-21-5-35(20)26-12/h1-3,5,10,15,20,32H,4H2,(H,24,28)(H,30,31)(H4,18,19,22,23)/b2-1+,25-9?/t10-,15-,35?/m1/s1. The van der Waals surface area contributed by atoms with Gasteiger partial charge in [-0.1, -0.05) is 16.9 Å². The van der Waals surface area contributed by atoms with Crippen LogP contribution in [0.1, 0.15) is 5.82 Å². The Labute approximate surface area is 207 Å². The van der Waals surface area contributed by atoms with E-state index in [1.54, 1.807) is 5.41 Å². The fraction of sp³-hybridized carbons (Fsp3) is 0.176. The van der Waals surface area contributed by atoms with Gasteiger partial charge in [-0.2, -0.15) is 9.97 Å². The molecule has 35 heavy (non-hydrogen) atoms. The molecule has 0 saturated carbocycles. The number of nitrogens with one attached hydrogen (secondary N) is 1. The van der Waals surface area contributed by atoms with Crippen molar-refractivity contribution in [2.75, 3.05) is 22.4 Å². The second-order valence-corrected chi connectivity index (χ2v) is 10.00. The maximum atomic E-state index is 12.8. The summed E-state index contributed by atoms with van der Waals surface area (Å²) in [5.74, 6) is -2.91. The third-order valence-corrected chi connectivity index (χ3v) is 7.41. The molecule has 4 rings (SSSR count). The summed E-state index contributed by atoms with van der Waals surface area (Å²) in [5, 5.41) is 33.3. The lowest BCUT2D eigenvalue weighted by Crippen LogP contribution is -2.71. The average Bonchev–Trinajstić information content (AvgIpc) is 3.22. The van der Waals surface area contributed by atoms with Gasteiger partial charge < -0.3 is 31.9 Å². The van der Waals surface area contributed by atoms with Gasteiger partial charge >= 0.3 is 0 Å². The van der Waals surface area contributed by atoms with Crippen LogP contribution < -0.4 is 27.0 Å². The summed E-state index contributed by atoms with van der Waals surface area (Å²) >= 11 is 2.36. The van der Waals surface area contributed by atoms with Crippen LogP contribution in [-0.4, -0.2) is 70.1 Å². The number of β-lactam (4-membered cyclic amide) rings is 1. The van der Waals surface area contributed by atoms with Gasteiger partial charge in [0, 0.05) is 16.2 Å². The van der Waals surface area contributed by atoms with Crippen molar-refractivity contribution in [3.63, 3.8) is 0 Å². The lowest BCUT2D eigenvalue weighted by molar-refractivity contribution is -0.301. The summed E-state index contributed by atoms with van der Waals surface area (Å²) in [5.41, 5.74) is 12.0. The second kappa shape index (κ2) is 9.86. The topological polar surface area (TPSA) is 252 Å². The molecule has 2 aromatic heterocycles. The number of carboxylic acids is 1. The summed E-state index contributed by atoms with van der Waals surface area (Å²) in [6.07, 6.45) is 1.52. The van der Waals surface area contributed by atoms with Gasteiger partial charge in [-0.3, -0.25) is 14.5 Å². The third kappa shape index (κ3) is 4.90. The largest absolute Gasteiger partial charge is 0.543 e. The number of nitrogen functional groups attached to an aromatic ring is 3. The summed E-state index contributed by atoms with van der Waals surface area (Å²) in [6, 6.07) is 0.435. The number of anilines is 2. The number of aliphatic carboxylic acids is 1. The molecule has 182 valence electrons. The number of thioether (sulfide) groups is 2. The Balaban J connectivity index is 1.48. The van der Waals surface area contributed by atoms with Crippen LogP contribution >= 0.6 is 34.4 Å². The van der Waals surface area contributed by atoms with Crippen molar-refractivity contribution in [2.45, 2.75) is 16.4 Å². The molecule has 0 spiro atoms. The minimum atomic E-state index is -1.55. The van der Waals surface area contributed by atoms with Gasteiger partial charge in [-0.25, -0.2) is 4.98 Å². The zero-order valence-electron chi connectivity index (χ0n) is 17.4. The first-order valence-corrected chi connectivity index (χ1v) is 12.7. The molecular weight excluding hydrogens is 520 g/mol. The minimum Gasteiger partial charge on any atom is -0.543 e. The van der Waals surface area contributed by atoms with E-state index in [4.69, 9.17) is 16.6 Å². The van der Waals surface area contributed by atoms with E-state index in [2.05, 4.69) is 29.8 Å². The summed E-state index contributed by atoms with van der Waals surface area (Å²) in [6.45, 7) is 0. The lowest BCUT2D eigenvalue weighted by atomic mass is 10.0. The number of carboxylic acid groups (broad SMARTS) is 1. The SMILES string of the molecule is Nc1cc(S/C=C/C2=C(C(=O)[O-])N3C(=O)[C@@H](NC(=O)C(=NO)c4nc[s+](N)n4)[C@H]3SC2)nc(N)n1. The zero-order chi connectivity index (χ0) is 25.3. The number of fused-ring (bicyclic) bond motifs is 1. The van der Waals surface area contributed by atoms with Crippen LogP contribution in [0.25, 0.3) is 0 Å². The highest BCUT2D eigenvalue weighted by atomic mass is 32.2. The molecule has 2 aliphatic rings. The number of hydrogen-bond donors (Lipinski definition) is 5. The zero-order valence-corrected chi connectivity index (χ0v) is 19.8. The van der Waals surface area contributed by atoms with E-state index in [9.17, 15) is 24.7 Å². The fourth-order valence-electron chi connectivity index (χ4n) is 3.22. The first-order valence-electron chi connectivity index (χ1n) is 9.45. The molecular formula is C17H16N10O5S3. The van der Waals surface area contributed by atoms with E-state index in [1.807, 2.05) is 0 Å². The van der Waals surface area contributed by atoms with Crippen LogP contribution in [0.15, 0.2) is 44.5 Å². The van der Waals surface area contributed by atoms with Crippen molar-refractivity contribution in [3.8, 4) is 0 Å². The number of aromatic nitrogens is 4. The van der Waals surface area contributed by atoms with Gasteiger partial charge in [-0.05, 0) is 17.1 Å². The van der Waals surface area contributed by atoms with Gasteiger partial charge in [0.05, 0.1) is 11.7 Å². The molecule has 15 nitrogen and oxygen atoms in total. The normalized spacial score (nSPS) is 20.6. The molecule has 0 bridgehead atoms. The average molecular weight is 537 g/mol. The Bertz CT molecular complexity index is 1290. The molecule has 4 heterocycles. The van der Waals surface area contributed by atoms with Gasteiger partial charge in [-0.15, -0.1) is 16.9 Å². The van der Waals surface area contributed by atoms with Crippen LogP contribution in [0.3, 0.4) is 0 Å². The number of allylic oxidation sites excluding steroid dienone is 1. The number of carbonyl (C=O) groups excluding carboxylic acids is 3. The Kier molecular flexibility index (Phi) is 6.87. The van der Waals surface area contributed by atoms with Gasteiger partial charge in [0.2, 0.25) is 28.3 Å². The van der Waals surface area contributed by atoms with E-state index in [1.165, 1.54) is 29.4 Å². The maximum Gasteiger partial charge on any atom is 0.279 e. The van der Waals surface area contributed by atoms with Crippen LogP contribution in [0.4, 0.5) is 11.8 Å². The van der Waals surface area contributed by atoms with Crippen molar-refractivity contribution in [1.82, 2.24) is 29.5 Å². The number of hydrogen-bond acceptors (Lipinski definition) is 15. The van der Waals surface area contributed by atoms with Gasteiger partial charge in [0.25, 0.3) is 17.3 Å². The predicted molar refractivity (Wildman–Crippen MR) is 126 cm³/mol. The molecule has 2 aromatic rings. The maximum absolute atomic E-state index is 12.8. The molecule has 0 radical (unpaired) electrons. The van der Waals surface area contributed by atoms with E-state index in [0.717, 1.165) is 16.7 Å². The van der Waals surface area contributed by atoms with E-state index in [0.29, 0.717) is 10.6 Å². The number of nitrogens with zero attached hydrogens (tertiary/aromatic N) is 6. The molecule has 8 N–H and O–H groups in total. The molecule has 2 aliphatic heterocycles. The van der Waals surface area contributed by atoms with Crippen molar-refractivity contribution < 1.29 is 24.7 Å². The summed E-state index contributed by atoms with van der Waals surface area (Å²) < 4.78 is 3.86. The number of nitrogens with two attached hydrogens (primary N) is 3. The molecule has 3 atom stereocenters. The minimum absolute atomic E-state index is 0.00432. The van der Waals surface area contributed by atoms with Gasteiger partial charge in [0.1, 0.15) is 22.3 Å². The molecule has 0 aliphatic carbocycles. The highest BCUT2D eigenvalue weighted by molar-refractivity contribution is 8.02. The second-order valence-electron chi connectivity index (χ2n) is 6.88. The Hall–Kier alpha value is -3.74. The quantitative estimate of drug-likeness (QED) is 0.0478. The number of amides is 2. The smallest absolute Gasteiger partial charge is 0.279 e.